The molecule has 6 nitrogen and oxygen atoms in total. The summed E-state index contributed by atoms with van der Waals surface area (Å²) in [6.45, 7) is 13.1. The molecule has 2 atom stereocenters. The number of aliphatic imine (C=N–C) groups is 1. The Bertz CT molecular complexity index is 1560. The highest BCUT2D eigenvalue weighted by Crippen LogP contribution is 2.57. The Kier molecular flexibility index (Phi) is 9.89. The van der Waals surface area contributed by atoms with E-state index in [0.29, 0.717) is 29.7 Å². The summed E-state index contributed by atoms with van der Waals surface area (Å²) in [6, 6.07) is 14.0. The van der Waals surface area contributed by atoms with Gasteiger partial charge < -0.3 is 15.6 Å². The second-order valence-corrected chi connectivity index (χ2v) is 11.8. The number of amides is 1. The first-order valence-electron chi connectivity index (χ1n) is 14.9. The van der Waals surface area contributed by atoms with Crippen molar-refractivity contribution < 1.29 is 4.79 Å². The smallest absolute Gasteiger partial charge is 0.251 e. The summed E-state index contributed by atoms with van der Waals surface area (Å²) in [5.74, 6) is 1.08. The number of rotatable bonds is 8. The van der Waals surface area contributed by atoms with Gasteiger partial charge in [0.2, 0.25) is 0 Å². The van der Waals surface area contributed by atoms with E-state index in [9.17, 15) is 4.79 Å². The van der Waals surface area contributed by atoms with Crippen molar-refractivity contribution in [3.63, 3.8) is 0 Å². The Labute approximate surface area is 251 Å². The molecule has 1 saturated carbocycles. The summed E-state index contributed by atoms with van der Waals surface area (Å²) >= 11 is 0. The Morgan fingerprint density at radius 1 is 1.07 bits per heavy atom. The van der Waals surface area contributed by atoms with Gasteiger partial charge in [0.25, 0.3) is 5.91 Å². The Hall–Kier alpha value is -3.90. The number of hydrogen-bond acceptors (Lipinski definition) is 5. The second kappa shape index (κ2) is 13.4. The molecule has 2 unspecified atom stereocenters. The summed E-state index contributed by atoms with van der Waals surface area (Å²) in [7, 11) is 5.79. The van der Waals surface area contributed by atoms with E-state index >= 15 is 0 Å². The summed E-state index contributed by atoms with van der Waals surface area (Å²) in [6.07, 6.45) is 5.49. The van der Waals surface area contributed by atoms with Gasteiger partial charge in [-0.25, -0.2) is 4.98 Å². The normalized spacial score (nSPS) is 17.9. The average molecular weight is 564 g/mol. The molecule has 5 rings (SSSR count). The van der Waals surface area contributed by atoms with E-state index in [1.54, 1.807) is 7.05 Å². The Balaban J connectivity index is 0.000000349. The van der Waals surface area contributed by atoms with Crippen LogP contribution in [-0.2, 0) is 0 Å². The van der Waals surface area contributed by atoms with Crippen LogP contribution in [-0.4, -0.2) is 61.4 Å². The zero-order valence-electron chi connectivity index (χ0n) is 26.3. The van der Waals surface area contributed by atoms with Gasteiger partial charge in [0.05, 0.1) is 11.2 Å². The lowest BCUT2D eigenvalue weighted by molar-refractivity contribution is 0.0951. The van der Waals surface area contributed by atoms with Gasteiger partial charge in [0.1, 0.15) is 0 Å². The summed E-state index contributed by atoms with van der Waals surface area (Å²) in [4.78, 5) is 23.7. The van der Waals surface area contributed by atoms with Gasteiger partial charge in [-0.15, -0.1) is 0 Å². The molecule has 42 heavy (non-hydrogen) atoms. The maximum Gasteiger partial charge on any atom is 0.251 e. The quantitative estimate of drug-likeness (QED) is 0.219. The fourth-order valence-corrected chi connectivity index (χ4v) is 6.12. The number of carbonyl (C=O) groups excluding carboxylic acids is 1. The summed E-state index contributed by atoms with van der Waals surface area (Å²) in [5, 5.41) is 12.5. The van der Waals surface area contributed by atoms with Crippen molar-refractivity contribution in [2.45, 2.75) is 58.8 Å². The van der Waals surface area contributed by atoms with E-state index in [1.165, 1.54) is 46.9 Å². The molecule has 1 fully saturated rings. The molecule has 2 bridgehead atoms. The third-order valence-corrected chi connectivity index (χ3v) is 8.78. The molecule has 6 heteroatoms. The van der Waals surface area contributed by atoms with Crippen molar-refractivity contribution in [3.8, 4) is 11.3 Å². The van der Waals surface area contributed by atoms with Crippen molar-refractivity contribution >= 4 is 28.2 Å². The van der Waals surface area contributed by atoms with Crippen LogP contribution in [0, 0.1) is 5.41 Å². The van der Waals surface area contributed by atoms with Crippen LogP contribution < -0.4 is 5.32 Å². The van der Waals surface area contributed by atoms with Crippen LogP contribution in [0.1, 0.15) is 85.8 Å². The van der Waals surface area contributed by atoms with Crippen molar-refractivity contribution in [3.05, 3.63) is 88.5 Å². The van der Waals surface area contributed by atoms with E-state index in [2.05, 4.69) is 40.8 Å². The highest BCUT2D eigenvalue weighted by molar-refractivity contribution is 6.10. The molecule has 1 heterocycles. The third-order valence-electron chi connectivity index (χ3n) is 8.78. The molecule has 0 radical (unpaired) electrons. The largest absolute Gasteiger partial charge is 0.351 e. The zero-order valence-corrected chi connectivity index (χ0v) is 26.3. The van der Waals surface area contributed by atoms with E-state index < -0.39 is 0 Å². The van der Waals surface area contributed by atoms with Crippen molar-refractivity contribution in [2.24, 2.45) is 4.99 Å². The number of likely N-dealkylation sites (N-methyl/N-ethyl adjacent to an activating group) is 1. The first-order valence-corrected chi connectivity index (χ1v) is 14.9. The first-order chi connectivity index (χ1) is 20.1. The van der Waals surface area contributed by atoms with E-state index in [-0.39, 0.29) is 5.91 Å². The fraction of sp³-hybridized carbons (Fsp3) is 0.389. The van der Waals surface area contributed by atoms with Gasteiger partial charge in [0.15, 0.2) is 0 Å². The standard InChI is InChI=1S/C27H30N4O.C9H15N/c1-16(28)21-5-4-6-22-25(21)23-19-11-12-20(15-19)24(23)26(30-22)17-7-9-18(10-8-17)27(32)29-13-14-31(2)3;1-6-7(2)8(3)9(4)10-5/h4-10,19-20,28H,11-15H2,1-3H3,(H,29,32);6H,1H2,2-5H3/b;8-7+,10-9?. The van der Waals surface area contributed by atoms with Crippen LogP contribution in [0.5, 0.6) is 0 Å². The van der Waals surface area contributed by atoms with Gasteiger partial charge in [0, 0.05) is 53.6 Å². The minimum atomic E-state index is -0.0414. The number of benzene rings is 2. The molecule has 3 aromatic rings. The number of nitrogens with one attached hydrogen (secondary N) is 2. The fourth-order valence-electron chi connectivity index (χ4n) is 6.12. The Morgan fingerprint density at radius 2 is 1.74 bits per heavy atom. The van der Waals surface area contributed by atoms with Crippen LogP contribution in [0.4, 0.5) is 0 Å². The van der Waals surface area contributed by atoms with Crippen molar-refractivity contribution in [1.29, 1.82) is 5.41 Å². The number of allylic oxidation sites excluding steroid dienone is 3. The molecule has 1 amide bonds. The van der Waals surface area contributed by atoms with E-state index in [1.807, 2.05) is 71.3 Å². The van der Waals surface area contributed by atoms with Crippen LogP contribution in [0.2, 0.25) is 0 Å². The van der Waals surface area contributed by atoms with Gasteiger partial charge >= 0.3 is 0 Å². The lowest BCUT2D eigenvalue weighted by atomic mass is 9.84. The topological polar surface area (TPSA) is 81.4 Å². The Morgan fingerprint density at radius 3 is 2.33 bits per heavy atom. The van der Waals surface area contributed by atoms with Crippen LogP contribution in [0.25, 0.3) is 22.2 Å². The first kappa shape index (κ1) is 31.0. The molecule has 0 saturated heterocycles. The number of fused-ring (bicyclic) bond motifs is 7. The van der Waals surface area contributed by atoms with E-state index in [0.717, 1.165) is 34.6 Å². The maximum atomic E-state index is 12.5. The van der Waals surface area contributed by atoms with Crippen molar-refractivity contribution in [1.82, 2.24) is 15.2 Å². The predicted molar refractivity (Wildman–Crippen MR) is 178 cm³/mol. The molecule has 2 aliphatic carbocycles. The molecular weight excluding hydrogens is 518 g/mol. The van der Waals surface area contributed by atoms with Crippen LogP contribution in [0.15, 0.2) is 71.3 Å². The van der Waals surface area contributed by atoms with Crippen LogP contribution in [0.3, 0.4) is 0 Å². The van der Waals surface area contributed by atoms with Gasteiger partial charge in [-0.05, 0) is 113 Å². The number of carbonyl (C=O) groups is 1. The molecule has 0 aliphatic heterocycles. The molecule has 1 aromatic heterocycles. The monoisotopic (exact) mass is 563 g/mol. The highest BCUT2D eigenvalue weighted by Gasteiger charge is 2.41. The van der Waals surface area contributed by atoms with Gasteiger partial charge in [-0.1, -0.05) is 36.9 Å². The maximum absolute atomic E-state index is 12.5. The van der Waals surface area contributed by atoms with Crippen molar-refractivity contribution in [2.75, 3.05) is 34.2 Å². The number of hydrogen-bond donors (Lipinski definition) is 2. The second-order valence-electron chi connectivity index (χ2n) is 11.8. The lowest BCUT2D eigenvalue weighted by Gasteiger charge is -2.22. The predicted octanol–water partition coefficient (Wildman–Crippen LogP) is 7.55. The lowest BCUT2D eigenvalue weighted by Crippen LogP contribution is -2.31. The SMILES string of the molecule is C=C/C(C)=C(\C)C(C)=NC.CC(=N)c1cccc2nc(-c3ccc(C(=O)NCCN(C)C)cc3)c3c(c12)C1CCC3C1. The third kappa shape index (κ3) is 6.44. The van der Waals surface area contributed by atoms with Gasteiger partial charge in [-0.3, -0.25) is 9.79 Å². The summed E-state index contributed by atoms with van der Waals surface area (Å²) in [5.41, 5.74) is 11.7. The van der Waals surface area contributed by atoms with Crippen LogP contribution >= 0.6 is 0 Å². The number of aromatic nitrogens is 1. The summed E-state index contributed by atoms with van der Waals surface area (Å²) < 4.78 is 0. The zero-order chi connectivity index (χ0) is 30.6. The molecule has 2 aromatic carbocycles. The molecular formula is C36H45N5O. The minimum Gasteiger partial charge on any atom is -0.351 e. The molecule has 220 valence electrons. The number of pyridine rings is 1. The number of nitrogens with zero attached hydrogens (tertiary/aromatic N) is 3. The average Bonchev–Trinajstić information content (AvgIpc) is 3.62. The molecule has 0 spiro atoms. The highest BCUT2D eigenvalue weighted by atomic mass is 16.1. The molecule has 2 N–H and O–H groups in total. The molecule has 2 aliphatic rings. The minimum absolute atomic E-state index is 0.0414. The van der Waals surface area contributed by atoms with Gasteiger partial charge in [-0.2, -0.15) is 0 Å². The van der Waals surface area contributed by atoms with E-state index in [4.69, 9.17) is 10.4 Å².